The summed E-state index contributed by atoms with van der Waals surface area (Å²) in [6, 6.07) is 12.3. The first-order valence-corrected chi connectivity index (χ1v) is 10.2. The molecule has 1 N–H and O–H groups in total. The molecule has 1 amide bonds. The number of piperidine rings is 1. The maximum atomic E-state index is 14.2. The Morgan fingerprint density at radius 1 is 1.16 bits per heavy atom. The fourth-order valence-corrected chi connectivity index (χ4v) is 3.87. The summed E-state index contributed by atoms with van der Waals surface area (Å²) in [7, 11) is 1.52. The molecule has 3 aromatic rings. The number of nitrogens with one attached hydrogen (secondary N) is 1. The minimum absolute atomic E-state index is 0.120. The quantitative estimate of drug-likeness (QED) is 0.640. The highest BCUT2D eigenvalue weighted by atomic mass is 19.1. The van der Waals surface area contributed by atoms with Gasteiger partial charge in [0.25, 0.3) is 5.91 Å². The third-order valence-electron chi connectivity index (χ3n) is 5.56. The molecule has 0 radical (unpaired) electrons. The van der Waals surface area contributed by atoms with E-state index in [9.17, 15) is 13.6 Å². The molecule has 0 spiro atoms. The van der Waals surface area contributed by atoms with E-state index >= 15 is 0 Å². The predicted molar refractivity (Wildman–Crippen MR) is 113 cm³/mol. The Morgan fingerprint density at radius 3 is 2.68 bits per heavy atom. The molecular weight excluding hydrogens is 402 g/mol. The molecule has 31 heavy (non-hydrogen) atoms. The minimum atomic E-state index is -0.457. The van der Waals surface area contributed by atoms with Gasteiger partial charge in [0, 0.05) is 42.9 Å². The van der Waals surface area contributed by atoms with E-state index in [1.54, 1.807) is 30.5 Å². The van der Waals surface area contributed by atoms with Crippen LogP contribution < -0.4 is 10.1 Å². The summed E-state index contributed by atoms with van der Waals surface area (Å²) in [6.45, 7) is 2.10. The first-order chi connectivity index (χ1) is 15.0. The number of carbonyl (C=O) groups is 1. The second kappa shape index (κ2) is 9.26. The van der Waals surface area contributed by atoms with Crippen molar-refractivity contribution in [3.05, 3.63) is 77.5 Å². The molecule has 4 rings (SSSR count). The number of hydrogen-bond donors (Lipinski definition) is 1. The summed E-state index contributed by atoms with van der Waals surface area (Å²) in [4.78, 5) is 14.7. The first kappa shape index (κ1) is 21.0. The maximum absolute atomic E-state index is 14.2. The van der Waals surface area contributed by atoms with Gasteiger partial charge in [0.05, 0.1) is 19.3 Å². The molecule has 1 saturated heterocycles. The normalized spacial score (nSPS) is 15.1. The van der Waals surface area contributed by atoms with Crippen molar-refractivity contribution in [3.63, 3.8) is 0 Å². The zero-order valence-electron chi connectivity index (χ0n) is 17.2. The fourth-order valence-electron chi connectivity index (χ4n) is 3.87. The van der Waals surface area contributed by atoms with Crippen molar-refractivity contribution in [1.82, 2.24) is 14.7 Å². The lowest BCUT2D eigenvalue weighted by Crippen LogP contribution is -2.35. The molecule has 0 bridgehead atoms. The van der Waals surface area contributed by atoms with Crippen molar-refractivity contribution >= 4 is 11.7 Å². The molecular formula is C23H24F2N4O2. The zero-order chi connectivity index (χ0) is 21.8. The van der Waals surface area contributed by atoms with Crippen molar-refractivity contribution in [1.29, 1.82) is 0 Å². The molecule has 2 heterocycles. The topological polar surface area (TPSA) is 59.4 Å². The highest BCUT2D eigenvalue weighted by Crippen LogP contribution is 2.27. The molecule has 6 nitrogen and oxygen atoms in total. The average Bonchev–Trinajstić information content (AvgIpc) is 3.23. The number of halogens is 2. The van der Waals surface area contributed by atoms with Crippen LogP contribution in [0.1, 0.15) is 34.8 Å². The number of hydrogen-bond acceptors (Lipinski definition) is 4. The summed E-state index contributed by atoms with van der Waals surface area (Å²) in [5, 5.41) is 7.20. The van der Waals surface area contributed by atoms with Gasteiger partial charge in [-0.25, -0.2) is 13.5 Å². The lowest BCUT2D eigenvalue weighted by atomic mass is 10.0. The van der Waals surface area contributed by atoms with Gasteiger partial charge in [-0.3, -0.25) is 9.69 Å². The molecule has 8 heteroatoms. The Morgan fingerprint density at radius 2 is 1.97 bits per heavy atom. The lowest BCUT2D eigenvalue weighted by Gasteiger charge is -2.32. The fraction of sp³-hybridized carbons (Fsp3) is 0.304. The molecule has 1 aliphatic rings. The van der Waals surface area contributed by atoms with Gasteiger partial charge in [-0.2, -0.15) is 5.10 Å². The van der Waals surface area contributed by atoms with Gasteiger partial charge in [0.15, 0.2) is 0 Å². The molecule has 1 aliphatic heterocycles. The highest BCUT2D eigenvalue weighted by Gasteiger charge is 2.24. The number of likely N-dealkylation sites (tertiary alicyclic amines) is 1. The highest BCUT2D eigenvalue weighted by molar-refractivity contribution is 6.03. The standard InChI is InChI=1S/C23H24F2N4O2/c1-31-20-6-5-17(21(25)14-20)15-28-11-8-19(9-12-28)29-22(7-10-26-29)27-23(30)16-3-2-4-18(24)13-16/h2-7,10,13-14,19H,8-9,11-12,15H2,1H3,(H,27,30). The SMILES string of the molecule is COc1ccc(CN2CCC(n3nccc3NC(=O)c3cccc(F)c3)CC2)c(F)c1. The van der Waals surface area contributed by atoms with Crippen LogP contribution in [-0.4, -0.2) is 40.8 Å². The Kier molecular flexibility index (Phi) is 6.27. The number of amides is 1. The Balaban J connectivity index is 1.36. The molecule has 2 aromatic carbocycles. The number of carbonyl (C=O) groups excluding carboxylic acids is 1. The Labute approximate surface area is 179 Å². The number of benzene rings is 2. The van der Waals surface area contributed by atoms with Crippen molar-refractivity contribution in [2.75, 3.05) is 25.5 Å². The Hall–Kier alpha value is -3.26. The van der Waals surface area contributed by atoms with E-state index in [0.717, 1.165) is 25.9 Å². The second-order valence-electron chi connectivity index (χ2n) is 7.59. The molecule has 0 atom stereocenters. The molecule has 1 aromatic heterocycles. The van der Waals surface area contributed by atoms with Crippen LogP contribution in [0.3, 0.4) is 0 Å². The van der Waals surface area contributed by atoms with Crippen molar-refractivity contribution in [2.45, 2.75) is 25.4 Å². The predicted octanol–water partition coefficient (Wildman–Crippen LogP) is 4.26. The first-order valence-electron chi connectivity index (χ1n) is 10.2. The van der Waals surface area contributed by atoms with Gasteiger partial charge in [-0.05, 0) is 37.1 Å². The zero-order valence-corrected chi connectivity index (χ0v) is 17.2. The van der Waals surface area contributed by atoms with E-state index in [1.807, 2.05) is 4.68 Å². The van der Waals surface area contributed by atoms with E-state index in [1.165, 1.54) is 31.4 Å². The molecule has 162 valence electrons. The average molecular weight is 426 g/mol. The van der Waals surface area contributed by atoms with E-state index in [-0.39, 0.29) is 23.3 Å². The van der Waals surface area contributed by atoms with Crippen LogP contribution in [0, 0.1) is 11.6 Å². The van der Waals surface area contributed by atoms with E-state index in [2.05, 4.69) is 15.3 Å². The van der Waals surface area contributed by atoms with Crippen LogP contribution in [0.2, 0.25) is 0 Å². The molecule has 0 aliphatic carbocycles. The van der Waals surface area contributed by atoms with E-state index < -0.39 is 5.82 Å². The van der Waals surface area contributed by atoms with E-state index in [4.69, 9.17) is 4.74 Å². The number of anilines is 1. The van der Waals surface area contributed by atoms with Gasteiger partial charge in [0.2, 0.25) is 0 Å². The van der Waals surface area contributed by atoms with Crippen molar-refractivity contribution in [3.8, 4) is 5.75 Å². The summed E-state index contributed by atoms with van der Waals surface area (Å²) < 4.78 is 34.5. The van der Waals surface area contributed by atoms with Crippen molar-refractivity contribution < 1.29 is 18.3 Å². The molecule has 1 fully saturated rings. The Bertz CT molecular complexity index is 1060. The molecule has 0 saturated carbocycles. The summed E-state index contributed by atoms with van der Waals surface area (Å²) >= 11 is 0. The summed E-state index contributed by atoms with van der Waals surface area (Å²) in [6.07, 6.45) is 3.28. The third kappa shape index (κ3) is 4.91. The van der Waals surface area contributed by atoms with E-state index in [0.29, 0.717) is 23.7 Å². The second-order valence-corrected chi connectivity index (χ2v) is 7.59. The third-order valence-corrected chi connectivity index (χ3v) is 5.56. The lowest BCUT2D eigenvalue weighted by molar-refractivity contribution is 0.102. The van der Waals surface area contributed by atoms with Crippen LogP contribution >= 0.6 is 0 Å². The smallest absolute Gasteiger partial charge is 0.256 e. The van der Waals surface area contributed by atoms with Gasteiger partial charge in [-0.15, -0.1) is 0 Å². The van der Waals surface area contributed by atoms with Crippen LogP contribution in [0.4, 0.5) is 14.6 Å². The summed E-state index contributed by atoms with van der Waals surface area (Å²) in [5.74, 6) is -0.0215. The van der Waals surface area contributed by atoms with Crippen molar-refractivity contribution in [2.24, 2.45) is 0 Å². The minimum Gasteiger partial charge on any atom is -0.497 e. The van der Waals surface area contributed by atoms with Gasteiger partial charge >= 0.3 is 0 Å². The van der Waals surface area contributed by atoms with Crippen LogP contribution in [-0.2, 0) is 6.54 Å². The number of methoxy groups -OCH3 is 1. The van der Waals surface area contributed by atoms with Gasteiger partial charge < -0.3 is 10.1 Å². The largest absolute Gasteiger partial charge is 0.497 e. The monoisotopic (exact) mass is 426 g/mol. The van der Waals surface area contributed by atoms with Crippen LogP contribution in [0.15, 0.2) is 54.7 Å². The van der Waals surface area contributed by atoms with Gasteiger partial charge in [-0.1, -0.05) is 12.1 Å². The number of ether oxygens (including phenoxy) is 1. The number of nitrogens with zero attached hydrogens (tertiary/aromatic N) is 3. The molecule has 0 unspecified atom stereocenters. The number of aromatic nitrogens is 2. The summed E-state index contributed by atoms with van der Waals surface area (Å²) in [5.41, 5.74) is 0.894. The number of rotatable bonds is 6. The van der Waals surface area contributed by atoms with Gasteiger partial charge in [0.1, 0.15) is 23.2 Å². The van der Waals surface area contributed by atoms with Crippen LogP contribution in [0.5, 0.6) is 5.75 Å². The van der Waals surface area contributed by atoms with Crippen LogP contribution in [0.25, 0.3) is 0 Å². The maximum Gasteiger partial charge on any atom is 0.256 e.